The Morgan fingerprint density at radius 3 is 2.97 bits per heavy atom. The Labute approximate surface area is 188 Å². The van der Waals surface area contributed by atoms with Gasteiger partial charge in [0.25, 0.3) is 0 Å². The second-order valence-corrected chi connectivity index (χ2v) is 8.84. The van der Waals surface area contributed by atoms with E-state index in [0.717, 1.165) is 16.9 Å². The normalized spacial score (nSPS) is 23.2. The molecule has 2 aliphatic heterocycles. The van der Waals surface area contributed by atoms with Crippen LogP contribution in [0.3, 0.4) is 0 Å². The molecule has 0 spiro atoms. The molecule has 0 bridgehead atoms. The first-order valence-electron chi connectivity index (χ1n) is 9.86. The van der Waals surface area contributed by atoms with Crippen LogP contribution in [0.4, 0.5) is 0 Å². The van der Waals surface area contributed by atoms with Crippen molar-refractivity contribution in [2.45, 2.75) is 18.5 Å². The topological polar surface area (TPSA) is 115 Å². The van der Waals surface area contributed by atoms with Crippen LogP contribution in [0.5, 0.6) is 5.75 Å². The second kappa shape index (κ2) is 9.24. The Bertz CT molecular complexity index is 1040. The lowest BCUT2D eigenvalue weighted by atomic mass is 9.86. The third-order valence-corrected chi connectivity index (χ3v) is 6.72. The number of aromatic carboxylic acids is 1. The van der Waals surface area contributed by atoms with E-state index in [-0.39, 0.29) is 35.4 Å². The van der Waals surface area contributed by atoms with E-state index in [1.165, 1.54) is 0 Å². The molecule has 2 aliphatic rings. The smallest absolute Gasteiger partial charge is 0.345 e. The molecule has 1 amide bonds. The number of benzene rings is 1. The van der Waals surface area contributed by atoms with Gasteiger partial charge in [-0.3, -0.25) is 10.1 Å². The van der Waals surface area contributed by atoms with Gasteiger partial charge in [0, 0.05) is 23.2 Å². The molecule has 0 aliphatic carbocycles. The molecule has 3 unspecified atom stereocenters. The van der Waals surface area contributed by atoms with Crippen molar-refractivity contribution in [2.24, 2.45) is 5.92 Å². The van der Waals surface area contributed by atoms with Gasteiger partial charge in [0.15, 0.2) is 0 Å². The van der Waals surface area contributed by atoms with Crippen molar-refractivity contribution in [3.05, 3.63) is 39.5 Å². The second-order valence-electron chi connectivity index (χ2n) is 7.50. The molecule has 2 aromatic rings. The number of piperidine rings is 1. The minimum atomic E-state index is -0.980. The predicted octanol–water partition coefficient (Wildman–Crippen LogP) is 2.41. The summed E-state index contributed by atoms with van der Waals surface area (Å²) >= 11 is 7.28. The highest BCUT2D eigenvalue weighted by Crippen LogP contribution is 2.35. The van der Waals surface area contributed by atoms with Crippen LogP contribution in [0.25, 0.3) is 11.1 Å². The minimum Gasteiger partial charge on any atom is -0.491 e. The molecule has 31 heavy (non-hydrogen) atoms. The van der Waals surface area contributed by atoms with Gasteiger partial charge < -0.3 is 20.1 Å². The fourth-order valence-electron chi connectivity index (χ4n) is 3.94. The molecule has 4 rings (SSSR count). The number of hydrogen-bond acceptors (Lipinski definition) is 7. The number of fused-ring (bicyclic) bond motifs is 1. The maximum atomic E-state index is 12.9. The van der Waals surface area contributed by atoms with Gasteiger partial charge in [0.1, 0.15) is 17.2 Å². The van der Waals surface area contributed by atoms with Crippen LogP contribution in [0.2, 0.25) is 5.02 Å². The highest BCUT2D eigenvalue weighted by molar-refractivity contribution is 7.12. The molecule has 0 saturated carbocycles. The fraction of sp³-hybridized carbons (Fsp3) is 0.381. The molecule has 3 heterocycles. The Hall–Kier alpha value is -2.64. The van der Waals surface area contributed by atoms with Crippen molar-refractivity contribution in [3.63, 3.8) is 0 Å². The first-order chi connectivity index (χ1) is 15.0. The van der Waals surface area contributed by atoms with E-state index in [1.807, 2.05) is 0 Å². The monoisotopic (exact) mass is 460 g/mol. The molecule has 3 atom stereocenters. The van der Waals surface area contributed by atoms with Gasteiger partial charge in [-0.05, 0) is 41.6 Å². The molecular weight excluding hydrogens is 440 g/mol. The van der Waals surface area contributed by atoms with Gasteiger partial charge in [0.05, 0.1) is 31.2 Å². The number of nitrogens with one attached hydrogen (secondary N) is 2. The first-order valence-corrected chi connectivity index (χ1v) is 11.1. The third kappa shape index (κ3) is 4.67. The SMILES string of the molecule is N#CC1CC2C(=O)N(CCOc3ccc(Cl)cc3-c3csc(C(=O)O)c3)CNC2CN1. The summed E-state index contributed by atoms with van der Waals surface area (Å²) in [5, 5.41) is 27.1. The molecule has 8 nitrogen and oxygen atoms in total. The summed E-state index contributed by atoms with van der Waals surface area (Å²) in [6.07, 6.45) is 0.496. The lowest BCUT2D eigenvalue weighted by Crippen LogP contribution is -2.64. The number of rotatable bonds is 6. The molecule has 162 valence electrons. The zero-order valence-electron chi connectivity index (χ0n) is 16.5. The van der Waals surface area contributed by atoms with E-state index in [4.69, 9.17) is 21.6 Å². The summed E-state index contributed by atoms with van der Waals surface area (Å²) in [5.41, 5.74) is 1.42. The summed E-state index contributed by atoms with van der Waals surface area (Å²) in [6, 6.07) is 8.70. The lowest BCUT2D eigenvalue weighted by Gasteiger charge is -2.42. The number of carbonyl (C=O) groups is 2. The Kier molecular flexibility index (Phi) is 6.43. The average Bonchev–Trinajstić information content (AvgIpc) is 3.26. The van der Waals surface area contributed by atoms with Crippen LogP contribution in [0, 0.1) is 17.2 Å². The lowest BCUT2D eigenvalue weighted by molar-refractivity contribution is -0.142. The molecule has 2 saturated heterocycles. The number of nitriles is 1. The predicted molar refractivity (Wildman–Crippen MR) is 116 cm³/mol. The Morgan fingerprint density at radius 2 is 2.23 bits per heavy atom. The van der Waals surface area contributed by atoms with E-state index in [0.29, 0.717) is 42.5 Å². The van der Waals surface area contributed by atoms with Crippen LogP contribution in [-0.4, -0.2) is 60.3 Å². The van der Waals surface area contributed by atoms with Crippen LogP contribution < -0.4 is 15.4 Å². The number of halogens is 1. The largest absolute Gasteiger partial charge is 0.491 e. The Morgan fingerprint density at radius 1 is 1.39 bits per heavy atom. The summed E-state index contributed by atoms with van der Waals surface area (Å²) < 4.78 is 5.96. The van der Waals surface area contributed by atoms with Crippen LogP contribution in [0.15, 0.2) is 29.6 Å². The molecule has 1 aromatic heterocycles. The van der Waals surface area contributed by atoms with Crippen molar-refractivity contribution in [3.8, 4) is 22.9 Å². The highest BCUT2D eigenvalue weighted by atomic mass is 35.5. The van der Waals surface area contributed by atoms with E-state index in [1.54, 1.807) is 34.5 Å². The van der Waals surface area contributed by atoms with Gasteiger partial charge in [0.2, 0.25) is 5.91 Å². The number of carbonyl (C=O) groups excluding carboxylic acids is 1. The van der Waals surface area contributed by atoms with Crippen LogP contribution in [0.1, 0.15) is 16.1 Å². The van der Waals surface area contributed by atoms with E-state index in [2.05, 4.69) is 16.7 Å². The van der Waals surface area contributed by atoms with Crippen molar-refractivity contribution in [1.29, 1.82) is 5.26 Å². The minimum absolute atomic E-state index is 0.0364. The van der Waals surface area contributed by atoms with Crippen molar-refractivity contribution in [2.75, 3.05) is 26.4 Å². The van der Waals surface area contributed by atoms with Gasteiger partial charge in [-0.25, -0.2) is 4.79 Å². The van der Waals surface area contributed by atoms with Crippen molar-refractivity contribution < 1.29 is 19.4 Å². The average molecular weight is 461 g/mol. The molecule has 0 radical (unpaired) electrons. The van der Waals surface area contributed by atoms with Crippen LogP contribution >= 0.6 is 22.9 Å². The number of carboxylic acid groups (broad SMARTS) is 1. The molecule has 2 fully saturated rings. The summed E-state index contributed by atoms with van der Waals surface area (Å²) in [6.45, 7) is 1.70. The maximum Gasteiger partial charge on any atom is 0.345 e. The van der Waals surface area contributed by atoms with Gasteiger partial charge in [-0.15, -0.1) is 11.3 Å². The summed E-state index contributed by atoms with van der Waals surface area (Å²) in [4.78, 5) is 26.0. The molecule has 10 heteroatoms. The number of hydrogen-bond donors (Lipinski definition) is 3. The number of amides is 1. The fourth-order valence-corrected chi connectivity index (χ4v) is 4.85. The zero-order chi connectivity index (χ0) is 22.0. The van der Waals surface area contributed by atoms with E-state index in [9.17, 15) is 14.7 Å². The van der Waals surface area contributed by atoms with E-state index < -0.39 is 5.97 Å². The number of nitrogens with zero attached hydrogens (tertiary/aromatic N) is 2. The standard InChI is InChI=1S/C21H21ClN4O4S/c22-13-1-2-18(15(6-13)12-5-19(21(28)29)31-10-12)30-4-3-26-11-25-17-9-24-14(8-23)7-16(17)20(26)27/h1-2,5-6,10,14,16-17,24-25H,3-4,7,9,11H2,(H,28,29). The van der Waals surface area contributed by atoms with Crippen molar-refractivity contribution >= 4 is 34.8 Å². The summed E-state index contributed by atoms with van der Waals surface area (Å²) in [5.74, 6) is -0.590. The van der Waals surface area contributed by atoms with Gasteiger partial charge in [-0.1, -0.05) is 11.6 Å². The van der Waals surface area contributed by atoms with Crippen LogP contribution in [-0.2, 0) is 4.79 Å². The third-order valence-electron chi connectivity index (χ3n) is 5.57. The number of ether oxygens (including phenoxy) is 1. The van der Waals surface area contributed by atoms with Gasteiger partial charge in [-0.2, -0.15) is 5.26 Å². The van der Waals surface area contributed by atoms with Crippen molar-refractivity contribution in [1.82, 2.24) is 15.5 Å². The summed E-state index contributed by atoms with van der Waals surface area (Å²) in [7, 11) is 0. The quantitative estimate of drug-likeness (QED) is 0.606. The molecule has 3 N–H and O–H groups in total. The van der Waals surface area contributed by atoms with E-state index >= 15 is 0 Å². The number of thiophene rings is 1. The zero-order valence-corrected chi connectivity index (χ0v) is 18.1. The number of carboxylic acids is 1. The Balaban J connectivity index is 1.41. The van der Waals surface area contributed by atoms with Gasteiger partial charge >= 0.3 is 5.97 Å². The maximum absolute atomic E-state index is 12.9. The molecule has 1 aromatic carbocycles. The first kappa shape index (κ1) is 21.6. The highest BCUT2D eigenvalue weighted by Gasteiger charge is 2.40. The molecular formula is C21H21ClN4O4S.